The van der Waals surface area contributed by atoms with Gasteiger partial charge in [0.15, 0.2) is 5.82 Å². The van der Waals surface area contributed by atoms with Gasteiger partial charge in [-0.05, 0) is 32.0 Å². The van der Waals surface area contributed by atoms with Gasteiger partial charge in [0, 0.05) is 65.0 Å². The average molecular weight is 454 g/mol. The van der Waals surface area contributed by atoms with Gasteiger partial charge in [-0.25, -0.2) is 4.98 Å². The van der Waals surface area contributed by atoms with E-state index in [-0.39, 0.29) is 5.91 Å². The third-order valence-corrected chi connectivity index (χ3v) is 6.53. The highest BCUT2D eigenvalue weighted by molar-refractivity contribution is 5.95. The Bertz CT molecular complexity index is 975. The summed E-state index contributed by atoms with van der Waals surface area (Å²) in [5.41, 5.74) is 2.69. The molecule has 4 rings (SSSR count). The van der Waals surface area contributed by atoms with Gasteiger partial charge in [0.05, 0.1) is 19.0 Å². The zero-order chi connectivity index (χ0) is 23.4. The molecule has 1 amide bonds. The van der Waals surface area contributed by atoms with Crippen molar-refractivity contribution in [2.45, 2.75) is 25.7 Å². The first-order valence-corrected chi connectivity index (χ1v) is 11.7. The summed E-state index contributed by atoms with van der Waals surface area (Å²) in [5.74, 6) is 2.06. The highest BCUT2D eigenvalue weighted by Gasteiger charge is 2.21. The largest absolute Gasteiger partial charge is 0.494 e. The molecule has 1 aromatic heterocycles. The van der Waals surface area contributed by atoms with E-state index in [0.29, 0.717) is 12.4 Å². The standard InChI is InChI=1S/C24H35N7O2/c1-28-12-14-31(15-13-28)18-9-10-19(21(16-18)33-4)26-24-25-17-20-23(27-24)29(2)11-7-5-6-8-22(32)30(20)3/h9-10,16-17H,5-8,11-15H2,1-4H3,(H,25,26,27). The van der Waals surface area contributed by atoms with E-state index in [0.717, 1.165) is 80.6 Å². The third kappa shape index (κ3) is 5.30. The van der Waals surface area contributed by atoms with Crippen LogP contribution < -0.4 is 24.8 Å². The molecular formula is C24H35N7O2. The van der Waals surface area contributed by atoms with Crippen LogP contribution in [0.4, 0.5) is 28.8 Å². The molecule has 0 saturated carbocycles. The van der Waals surface area contributed by atoms with Crippen LogP contribution >= 0.6 is 0 Å². The van der Waals surface area contributed by atoms with E-state index in [2.05, 4.69) is 44.2 Å². The molecule has 0 spiro atoms. The topological polar surface area (TPSA) is 77.1 Å². The van der Waals surface area contributed by atoms with Gasteiger partial charge in [0.2, 0.25) is 11.9 Å². The number of fused-ring (bicyclic) bond motifs is 1. The number of nitrogens with one attached hydrogen (secondary N) is 1. The molecule has 2 aliphatic heterocycles. The fourth-order valence-corrected chi connectivity index (χ4v) is 4.32. The first-order valence-electron chi connectivity index (χ1n) is 11.7. The molecular weight excluding hydrogens is 418 g/mol. The van der Waals surface area contributed by atoms with Crippen LogP contribution in [-0.4, -0.2) is 81.8 Å². The van der Waals surface area contributed by atoms with Crippen LogP contribution in [0.3, 0.4) is 0 Å². The van der Waals surface area contributed by atoms with Gasteiger partial charge in [-0.3, -0.25) is 4.79 Å². The minimum absolute atomic E-state index is 0.0945. The Morgan fingerprint density at radius 2 is 1.79 bits per heavy atom. The van der Waals surface area contributed by atoms with Crippen LogP contribution in [0, 0.1) is 0 Å². The van der Waals surface area contributed by atoms with Crippen molar-refractivity contribution in [1.82, 2.24) is 14.9 Å². The summed E-state index contributed by atoms with van der Waals surface area (Å²) < 4.78 is 5.68. The van der Waals surface area contributed by atoms with E-state index in [1.54, 1.807) is 25.3 Å². The number of ether oxygens (including phenoxy) is 1. The number of anilines is 5. The Labute approximate surface area is 196 Å². The number of likely N-dealkylation sites (N-methyl/N-ethyl adjacent to an activating group) is 1. The Morgan fingerprint density at radius 3 is 2.55 bits per heavy atom. The van der Waals surface area contributed by atoms with Crippen LogP contribution in [0.2, 0.25) is 0 Å². The van der Waals surface area contributed by atoms with Crippen molar-refractivity contribution in [1.29, 1.82) is 0 Å². The maximum Gasteiger partial charge on any atom is 0.229 e. The fourth-order valence-electron chi connectivity index (χ4n) is 4.32. The molecule has 2 aliphatic rings. The number of rotatable bonds is 4. The van der Waals surface area contributed by atoms with E-state index in [9.17, 15) is 4.79 Å². The molecule has 0 unspecified atom stereocenters. The minimum atomic E-state index is 0.0945. The number of nitrogens with zero attached hydrogens (tertiary/aromatic N) is 6. The predicted molar refractivity (Wildman–Crippen MR) is 133 cm³/mol. The normalized spacial score (nSPS) is 18.2. The van der Waals surface area contributed by atoms with E-state index in [1.807, 2.05) is 13.1 Å². The fraction of sp³-hybridized carbons (Fsp3) is 0.542. The number of hydrogen-bond donors (Lipinski definition) is 1. The maximum absolute atomic E-state index is 12.6. The van der Waals surface area contributed by atoms with Crippen LogP contribution in [0.15, 0.2) is 24.4 Å². The molecule has 0 bridgehead atoms. The second kappa shape index (κ2) is 10.2. The summed E-state index contributed by atoms with van der Waals surface area (Å²) in [4.78, 5) is 30.3. The zero-order valence-electron chi connectivity index (χ0n) is 20.2. The smallest absolute Gasteiger partial charge is 0.229 e. The maximum atomic E-state index is 12.6. The molecule has 178 valence electrons. The summed E-state index contributed by atoms with van der Waals surface area (Å²) in [6.07, 6.45) is 5.26. The highest BCUT2D eigenvalue weighted by Crippen LogP contribution is 2.34. The van der Waals surface area contributed by atoms with Crippen molar-refractivity contribution in [3.8, 4) is 5.75 Å². The van der Waals surface area contributed by atoms with Crippen LogP contribution in [0.5, 0.6) is 5.75 Å². The van der Waals surface area contributed by atoms with Crippen molar-refractivity contribution in [3.05, 3.63) is 24.4 Å². The summed E-state index contributed by atoms with van der Waals surface area (Å²) >= 11 is 0. The minimum Gasteiger partial charge on any atom is -0.494 e. The van der Waals surface area contributed by atoms with Crippen molar-refractivity contribution in [2.75, 3.05) is 81.0 Å². The van der Waals surface area contributed by atoms with Gasteiger partial charge in [-0.1, -0.05) is 6.42 Å². The van der Waals surface area contributed by atoms with Crippen molar-refractivity contribution in [3.63, 3.8) is 0 Å². The monoisotopic (exact) mass is 453 g/mol. The second-order valence-corrected chi connectivity index (χ2v) is 8.89. The second-order valence-electron chi connectivity index (χ2n) is 8.89. The first-order chi connectivity index (χ1) is 16.0. The predicted octanol–water partition coefficient (Wildman–Crippen LogP) is 2.95. The number of amides is 1. The molecule has 1 fully saturated rings. The van der Waals surface area contributed by atoms with E-state index in [1.165, 1.54) is 0 Å². The number of carbonyl (C=O) groups excluding carboxylic acids is 1. The molecule has 0 aliphatic carbocycles. The summed E-state index contributed by atoms with van der Waals surface area (Å²) in [5, 5.41) is 3.32. The molecule has 1 N–H and O–H groups in total. The Hall–Kier alpha value is -3.07. The van der Waals surface area contributed by atoms with E-state index < -0.39 is 0 Å². The highest BCUT2D eigenvalue weighted by atomic mass is 16.5. The number of hydrogen-bond acceptors (Lipinski definition) is 8. The molecule has 1 saturated heterocycles. The van der Waals surface area contributed by atoms with E-state index >= 15 is 0 Å². The van der Waals surface area contributed by atoms with Crippen molar-refractivity contribution < 1.29 is 9.53 Å². The van der Waals surface area contributed by atoms with Crippen LogP contribution in [-0.2, 0) is 4.79 Å². The van der Waals surface area contributed by atoms with Crippen molar-refractivity contribution >= 4 is 34.7 Å². The summed E-state index contributed by atoms with van der Waals surface area (Å²) in [6.45, 7) is 4.98. The lowest BCUT2D eigenvalue weighted by atomic mass is 10.1. The van der Waals surface area contributed by atoms with Gasteiger partial charge in [-0.2, -0.15) is 4.98 Å². The lowest BCUT2D eigenvalue weighted by molar-refractivity contribution is -0.118. The number of benzene rings is 1. The number of carbonyl (C=O) groups is 1. The lowest BCUT2D eigenvalue weighted by Gasteiger charge is -2.34. The molecule has 2 aromatic rings. The van der Waals surface area contributed by atoms with Gasteiger partial charge >= 0.3 is 0 Å². The molecule has 0 radical (unpaired) electrons. The lowest BCUT2D eigenvalue weighted by Crippen LogP contribution is -2.44. The van der Waals surface area contributed by atoms with Crippen LogP contribution in [0.1, 0.15) is 25.7 Å². The average Bonchev–Trinajstić information content (AvgIpc) is 2.83. The molecule has 9 heteroatoms. The quantitative estimate of drug-likeness (QED) is 0.757. The molecule has 0 atom stereocenters. The van der Waals surface area contributed by atoms with Gasteiger partial charge in [0.25, 0.3) is 0 Å². The van der Waals surface area contributed by atoms with Gasteiger partial charge in [-0.15, -0.1) is 0 Å². The van der Waals surface area contributed by atoms with Gasteiger partial charge < -0.3 is 29.7 Å². The number of aromatic nitrogens is 2. The summed E-state index contributed by atoms with van der Waals surface area (Å²) in [7, 11) is 7.65. The molecule has 1 aromatic carbocycles. The Balaban J connectivity index is 1.58. The summed E-state index contributed by atoms with van der Waals surface area (Å²) in [6, 6.07) is 6.19. The number of methoxy groups -OCH3 is 1. The zero-order valence-corrected chi connectivity index (χ0v) is 20.2. The molecule has 9 nitrogen and oxygen atoms in total. The van der Waals surface area contributed by atoms with Crippen LogP contribution in [0.25, 0.3) is 0 Å². The van der Waals surface area contributed by atoms with E-state index in [4.69, 9.17) is 9.72 Å². The molecule has 3 heterocycles. The third-order valence-electron chi connectivity index (χ3n) is 6.53. The number of piperazine rings is 1. The first kappa shape index (κ1) is 23.1. The van der Waals surface area contributed by atoms with Crippen molar-refractivity contribution in [2.24, 2.45) is 0 Å². The van der Waals surface area contributed by atoms with Gasteiger partial charge in [0.1, 0.15) is 11.4 Å². The SMILES string of the molecule is COc1cc(N2CCN(C)CC2)ccc1Nc1ncc2c(n1)N(C)CCCCCC(=O)N2C. The Morgan fingerprint density at radius 1 is 1.00 bits per heavy atom. The Kier molecular flexibility index (Phi) is 7.17. The molecule has 33 heavy (non-hydrogen) atoms.